The molecule has 90 valence electrons. The van der Waals surface area contributed by atoms with Crippen molar-refractivity contribution in [2.45, 2.75) is 67.7 Å². The molecule has 15 heavy (non-hydrogen) atoms. The largest absolute Gasteiger partial charge is 0.0651 e. The highest BCUT2D eigenvalue weighted by molar-refractivity contribution is 4.95. The summed E-state index contributed by atoms with van der Waals surface area (Å²) < 4.78 is 0. The van der Waals surface area contributed by atoms with Gasteiger partial charge in [0.25, 0.3) is 0 Å². The molecule has 0 heteroatoms. The lowest BCUT2D eigenvalue weighted by Gasteiger charge is -2.45. The molecule has 3 atom stereocenters. The average Bonchev–Trinajstić information content (AvgIpc) is 2.15. The van der Waals surface area contributed by atoms with Crippen LogP contribution in [0.3, 0.4) is 0 Å². The number of rotatable bonds is 1. The molecule has 0 heterocycles. The third-order valence-corrected chi connectivity index (χ3v) is 5.79. The minimum Gasteiger partial charge on any atom is -0.0651 e. The Kier molecular flexibility index (Phi) is 3.58. The second-order valence-electron chi connectivity index (χ2n) is 7.09. The minimum absolute atomic E-state index is 0.477. The van der Waals surface area contributed by atoms with E-state index >= 15 is 0 Å². The van der Waals surface area contributed by atoms with E-state index in [2.05, 4.69) is 48.5 Å². The molecule has 0 amide bonds. The van der Waals surface area contributed by atoms with Gasteiger partial charge in [-0.2, -0.15) is 0 Å². The summed E-state index contributed by atoms with van der Waals surface area (Å²) in [7, 11) is 0. The highest BCUT2D eigenvalue weighted by atomic mass is 14.5. The minimum atomic E-state index is 0.477. The first-order valence-corrected chi connectivity index (χ1v) is 6.72. The molecular weight excluding hydrogens is 180 g/mol. The second-order valence-corrected chi connectivity index (χ2v) is 7.09. The Morgan fingerprint density at radius 3 is 2.07 bits per heavy atom. The van der Waals surface area contributed by atoms with E-state index in [9.17, 15) is 0 Å². The fraction of sp³-hybridized carbons (Fsp3) is 1.00. The van der Waals surface area contributed by atoms with Crippen LogP contribution in [0.25, 0.3) is 0 Å². The smallest absolute Gasteiger partial charge is 0.0277 e. The lowest BCUT2D eigenvalue weighted by Crippen LogP contribution is -2.37. The van der Waals surface area contributed by atoms with E-state index in [0.29, 0.717) is 10.8 Å². The molecule has 0 spiro atoms. The topological polar surface area (TPSA) is 0 Å². The van der Waals surface area contributed by atoms with Crippen molar-refractivity contribution < 1.29 is 0 Å². The van der Waals surface area contributed by atoms with Gasteiger partial charge >= 0.3 is 0 Å². The molecule has 0 aliphatic heterocycles. The molecule has 1 fully saturated rings. The van der Waals surface area contributed by atoms with Gasteiger partial charge in [0.2, 0.25) is 0 Å². The quantitative estimate of drug-likeness (QED) is 0.526. The van der Waals surface area contributed by atoms with Crippen LogP contribution in [0.4, 0.5) is 0 Å². The number of hydrogen-bond acceptors (Lipinski definition) is 0. The Bertz CT molecular complexity index is 212. The highest BCUT2D eigenvalue weighted by Gasteiger charge is 2.45. The Labute approximate surface area is 96.8 Å². The van der Waals surface area contributed by atoms with Crippen molar-refractivity contribution in [3.05, 3.63) is 0 Å². The summed E-state index contributed by atoms with van der Waals surface area (Å²) in [6, 6.07) is 0. The molecule has 0 aromatic rings. The Morgan fingerprint density at radius 2 is 1.60 bits per heavy atom. The Morgan fingerprint density at radius 1 is 1.07 bits per heavy atom. The van der Waals surface area contributed by atoms with Gasteiger partial charge < -0.3 is 0 Å². The Hall–Kier alpha value is 0. The van der Waals surface area contributed by atoms with Crippen LogP contribution in [0.5, 0.6) is 0 Å². The van der Waals surface area contributed by atoms with Crippen molar-refractivity contribution in [1.82, 2.24) is 0 Å². The summed E-state index contributed by atoms with van der Waals surface area (Å²) in [5.41, 5.74) is 0.959. The standard InChI is InChI=1S/C15H30/c1-8-13-9-12(3)15(6,7)14(4,5)10-11(13)2/h11-13H,8-10H2,1-7H3. The fourth-order valence-electron chi connectivity index (χ4n) is 3.45. The molecule has 1 aliphatic carbocycles. The van der Waals surface area contributed by atoms with Crippen molar-refractivity contribution in [3.8, 4) is 0 Å². The van der Waals surface area contributed by atoms with Crippen LogP contribution < -0.4 is 0 Å². The van der Waals surface area contributed by atoms with Crippen LogP contribution in [0.1, 0.15) is 67.7 Å². The van der Waals surface area contributed by atoms with E-state index in [-0.39, 0.29) is 0 Å². The molecule has 0 radical (unpaired) electrons. The van der Waals surface area contributed by atoms with Gasteiger partial charge in [-0.1, -0.05) is 54.9 Å². The normalized spacial score (nSPS) is 39.8. The SMILES string of the molecule is CCC1CC(C)C(C)(C)C(C)(C)CC1C. The van der Waals surface area contributed by atoms with Gasteiger partial charge in [-0.05, 0) is 41.4 Å². The maximum atomic E-state index is 2.47. The molecule has 1 saturated carbocycles. The lowest BCUT2D eigenvalue weighted by atomic mass is 9.60. The molecule has 0 saturated heterocycles. The van der Waals surface area contributed by atoms with E-state index in [0.717, 1.165) is 17.8 Å². The monoisotopic (exact) mass is 210 g/mol. The molecule has 0 bridgehead atoms. The highest BCUT2D eigenvalue weighted by Crippen LogP contribution is 2.54. The van der Waals surface area contributed by atoms with Gasteiger partial charge in [-0.3, -0.25) is 0 Å². The zero-order valence-corrected chi connectivity index (χ0v) is 11.9. The summed E-state index contributed by atoms with van der Waals surface area (Å²) in [4.78, 5) is 0. The first-order valence-electron chi connectivity index (χ1n) is 6.72. The maximum absolute atomic E-state index is 2.47. The summed E-state index contributed by atoms with van der Waals surface area (Å²) in [5.74, 6) is 2.69. The van der Waals surface area contributed by atoms with Gasteiger partial charge in [0.05, 0.1) is 0 Å². The molecular formula is C15H30. The Balaban J connectivity index is 2.97. The second kappa shape index (κ2) is 4.11. The summed E-state index contributed by atoms with van der Waals surface area (Å²) in [5, 5.41) is 0. The van der Waals surface area contributed by atoms with Gasteiger partial charge in [0.1, 0.15) is 0 Å². The molecule has 0 aromatic carbocycles. The van der Waals surface area contributed by atoms with Crippen LogP contribution in [0.2, 0.25) is 0 Å². The molecule has 0 N–H and O–H groups in total. The summed E-state index contributed by atoms with van der Waals surface area (Å²) >= 11 is 0. The molecule has 3 unspecified atom stereocenters. The predicted octanol–water partition coefficient (Wildman–Crippen LogP) is 5.13. The van der Waals surface area contributed by atoms with Crippen LogP contribution in [0.15, 0.2) is 0 Å². The van der Waals surface area contributed by atoms with E-state index in [1.54, 1.807) is 0 Å². The van der Waals surface area contributed by atoms with Crippen LogP contribution in [-0.2, 0) is 0 Å². The van der Waals surface area contributed by atoms with Crippen LogP contribution in [-0.4, -0.2) is 0 Å². The zero-order valence-electron chi connectivity index (χ0n) is 11.9. The van der Waals surface area contributed by atoms with Crippen LogP contribution >= 0.6 is 0 Å². The van der Waals surface area contributed by atoms with Crippen molar-refractivity contribution >= 4 is 0 Å². The van der Waals surface area contributed by atoms with E-state index in [1.165, 1.54) is 19.3 Å². The van der Waals surface area contributed by atoms with Crippen molar-refractivity contribution in [3.63, 3.8) is 0 Å². The third kappa shape index (κ3) is 2.24. The first kappa shape index (κ1) is 13.1. The molecule has 0 aromatic heterocycles. The molecule has 1 aliphatic rings. The van der Waals surface area contributed by atoms with Crippen molar-refractivity contribution in [2.75, 3.05) is 0 Å². The van der Waals surface area contributed by atoms with E-state index < -0.39 is 0 Å². The van der Waals surface area contributed by atoms with Gasteiger partial charge in [-0.25, -0.2) is 0 Å². The first-order chi connectivity index (χ1) is 6.72. The third-order valence-electron chi connectivity index (χ3n) is 5.79. The van der Waals surface area contributed by atoms with Gasteiger partial charge in [0.15, 0.2) is 0 Å². The van der Waals surface area contributed by atoms with Gasteiger partial charge in [-0.15, -0.1) is 0 Å². The van der Waals surface area contributed by atoms with Gasteiger partial charge in [0, 0.05) is 0 Å². The average molecular weight is 210 g/mol. The maximum Gasteiger partial charge on any atom is -0.0277 e. The molecule has 0 nitrogen and oxygen atoms in total. The van der Waals surface area contributed by atoms with E-state index in [4.69, 9.17) is 0 Å². The van der Waals surface area contributed by atoms with E-state index in [1.807, 2.05) is 0 Å². The molecule has 1 rings (SSSR count). The zero-order chi connectivity index (χ0) is 11.9. The van der Waals surface area contributed by atoms with Crippen LogP contribution in [0, 0.1) is 28.6 Å². The predicted molar refractivity (Wildman–Crippen MR) is 68.9 cm³/mol. The van der Waals surface area contributed by atoms with Crippen molar-refractivity contribution in [1.29, 1.82) is 0 Å². The van der Waals surface area contributed by atoms with Crippen molar-refractivity contribution in [2.24, 2.45) is 28.6 Å². The lowest BCUT2D eigenvalue weighted by molar-refractivity contribution is 0.0457. The number of hydrogen-bond donors (Lipinski definition) is 0. The summed E-state index contributed by atoms with van der Waals surface area (Å²) in [6.45, 7) is 17.2. The summed E-state index contributed by atoms with van der Waals surface area (Å²) in [6.07, 6.45) is 4.18. The fourth-order valence-corrected chi connectivity index (χ4v) is 3.45.